The molecule has 2 fully saturated rings. The van der Waals surface area contributed by atoms with E-state index in [0.717, 1.165) is 25.0 Å². The Hall–Kier alpha value is -3.61. The number of aliphatic hydroxyl groups is 1. The number of benzene rings is 2. The topological polar surface area (TPSA) is 116 Å². The normalized spacial score (nSPS) is 21.0. The zero-order chi connectivity index (χ0) is 30.7. The molecular formula is C30H28ClF4N3O5. The maximum absolute atomic E-state index is 14.2. The number of methoxy groups -OCH3 is 1. The number of pyridine rings is 1. The minimum Gasteiger partial charge on any atom is -0.493 e. The first-order valence-electron chi connectivity index (χ1n) is 13.7. The van der Waals surface area contributed by atoms with Crippen LogP contribution in [0.1, 0.15) is 47.3 Å². The van der Waals surface area contributed by atoms with Crippen molar-refractivity contribution >= 4 is 17.5 Å². The Morgan fingerprint density at radius 3 is 2.53 bits per heavy atom. The monoisotopic (exact) mass is 621 g/mol. The van der Waals surface area contributed by atoms with Crippen LogP contribution in [0.3, 0.4) is 0 Å². The number of hydrogen-bond donors (Lipinski definition) is 3. The standard InChI is InChI=1S/C30H28ClF4N3O5/c1-41-23-11-16(3-9-22(23)43-18-6-7-18)27(39)37-13-28(40,17-4-5-17)24-12-19-26(42-14-29(19,36)30(33,34)35)25(38-24)15-2-8-21(32)20(31)10-15/h2-3,8-12,17-18,40H,4-7,13-14,36H2,1H3,(H,37,39)/t28?,29-/m0/s1. The van der Waals surface area contributed by atoms with Gasteiger partial charge in [-0.1, -0.05) is 11.6 Å². The fraction of sp³-hybridized carbons (Fsp3) is 0.400. The summed E-state index contributed by atoms with van der Waals surface area (Å²) in [6.45, 7) is -1.28. The van der Waals surface area contributed by atoms with Crippen molar-refractivity contribution in [2.24, 2.45) is 11.7 Å². The van der Waals surface area contributed by atoms with Crippen LogP contribution < -0.4 is 25.3 Å². The van der Waals surface area contributed by atoms with Gasteiger partial charge in [0.2, 0.25) is 0 Å². The summed E-state index contributed by atoms with van der Waals surface area (Å²) in [5.74, 6) is -1.06. The average molecular weight is 622 g/mol. The lowest BCUT2D eigenvalue weighted by molar-refractivity contribution is -0.191. The lowest BCUT2D eigenvalue weighted by atomic mass is 9.86. The van der Waals surface area contributed by atoms with Crippen LogP contribution in [0.4, 0.5) is 17.6 Å². The highest BCUT2D eigenvalue weighted by atomic mass is 35.5. The zero-order valence-electron chi connectivity index (χ0n) is 22.9. The number of ether oxygens (including phenoxy) is 3. The van der Waals surface area contributed by atoms with Crippen molar-refractivity contribution in [3.8, 4) is 28.5 Å². The summed E-state index contributed by atoms with van der Waals surface area (Å²) in [6.07, 6.45) is -1.81. The smallest absolute Gasteiger partial charge is 0.414 e. The van der Waals surface area contributed by atoms with E-state index in [0.29, 0.717) is 24.3 Å². The van der Waals surface area contributed by atoms with E-state index in [4.69, 9.17) is 31.5 Å². The average Bonchev–Trinajstić information content (AvgIpc) is 3.91. The van der Waals surface area contributed by atoms with Crippen molar-refractivity contribution in [3.63, 3.8) is 0 Å². The number of rotatable bonds is 9. The third-order valence-electron chi connectivity index (χ3n) is 8.06. The number of amides is 1. The Morgan fingerprint density at radius 1 is 1.16 bits per heavy atom. The van der Waals surface area contributed by atoms with E-state index in [1.54, 1.807) is 12.1 Å². The Kier molecular flexibility index (Phi) is 7.22. The molecule has 0 bridgehead atoms. The Labute approximate surface area is 249 Å². The summed E-state index contributed by atoms with van der Waals surface area (Å²) in [5, 5.41) is 14.4. The van der Waals surface area contributed by atoms with Gasteiger partial charge in [-0.2, -0.15) is 13.2 Å². The van der Waals surface area contributed by atoms with Gasteiger partial charge in [0.1, 0.15) is 23.7 Å². The molecule has 3 aliphatic rings. The molecule has 4 N–H and O–H groups in total. The van der Waals surface area contributed by atoms with Gasteiger partial charge in [-0.25, -0.2) is 9.37 Å². The van der Waals surface area contributed by atoms with Crippen molar-refractivity contribution < 1.29 is 41.7 Å². The first kappa shape index (κ1) is 29.5. The summed E-state index contributed by atoms with van der Waals surface area (Å²) in [6, 6.07) is 9.33. The van der Waals surface area contributed by atoms with Crippen LogP contribution >= 0.6 is 11.6 Å². The molecule has 228 valence electrons. The van der Waals surface area contributed by atoms with Crippen LogP contribution in [0.25, 0.3) is 11.3 Å². The highest BCUT2D eigenvalue weighted by Gasteiger charge is 2.59. The Bertz CT molecular complexity index is 1600. The third kappa shape index (κ3) is 5.36. The van der Waals surface area contributed by atoms with Gasteiger partial charge in [0.05, 0.1) is 30.5 Å². The third-order valence-corrected chi connectivity index (χ3v) is 8.34. The fourth-order valence-electron chi connectivity index (χ4n) is 5.16. The molecular weight excluding hydrogens is 594 g/mol. The van der Waals surface area contributed by atoms with Crippen LogP contribution in [0.2, 0.25) is 5.02 Å². The predicted molar refractivity (Wildman–Crippen MR) is 148 cm³/mol. The summed E-state index contributed by atoms with van der Waals surface area (Å²) < 4.78 is 73.3. The predicted octanol–water partition coefficient (Wildman–Crippen LogP) is 5.23. The molecule has 6 rings (SSSR count). The number of nitrogens with one attached hydrogen (secondary N) is 1. The molecule has 43 heavy (non-hydrogen) atoms. The molecule has 8 nitrogen and oxygen atoms in total. The second-order valence-electron chi connectivity index (χ2n) is 11.2. The quantitative estimate of drug-likeness (QED) is 0.280. The van der Waals surface area contributed by atoms with Gasteiger partial charge in [-0.15, -0.1) is 0 Å². The van der Waals surface area contributed by atoms with Crippen molar-refractivity contribution in [2.45, 2.75) is 49.1 Å². The van der Waals surface area contributed by atoms with Crippen LogP contribution in [-0.2, 0) is 11.1 Å². The molecule has 1 aliphatic heterocycles. The number of fused-ring (bicyclic) bond motifs is 1. The molecule has 1 amide bonds. The van der Waals surface area contributed by atoms with E-state index in [1.165, 1.54) is 25.3 Å². The first-order chi connectivity index (χ1) is 20.3. The zero-order valence-corrected chi connectivity index (χ0v) is 23.7. The molecule has 0 spiro atoms. The molecule has 2 saturated carbocycles. The number of nitrogens with zero attached hydrogens (tertiary/aromatic N) is 1. The van der Waals surface area contributed by atoms with Crippen LogP contribution in [-0.4, -0.2) is 48.5 Å². The minimum absolute atomic E-state index is 0.0904. The van der Waals surface area contributed by atoms with Gasteiger partial charge in [0, 0.05) is 16.7 Å². The van der Waals surface area contributed by atoms with Gasteiger partial charge in [0.25, 0.3) is 5.91 Å². The molecule has 2 aromatic carbocycles. The molecule has 1 aromatic heterocycles. The summed E-state index contributed by atoms with van der Waals surface area (Å²) in [4.78, 5) is 17.7. The Morgan fingerprint density at radius 2 is 1.91 bits per heavy atom. The Balaban J connectivity index is 1.36. The molecule has 0 radical (unpaired) electrons. The van der Waals surface area contributed by atoms with E-state index in [9.17, 15) is 27.5 Å². The summed E-state index contributed by atoms with van der Waals surface area (Å²) in [5.41, 5.74) is 0.865. The van der Waals surface area contributed by atoms with E-state index in [2.05, 4.69) is 10.3 Å². The second-order valence-corrected chi connectivity index (χ2v) is 11.6. The number of carbonyl (C=O) groups is 1. The minimum atomic E-state index is -4.91. The lowest BCUT2D eigenvalue weighted by Crippen LogP contribution is -2.52. The SMILES string of the molecule is COc1cc(C(=O)NCC(O)(c2cc3c(c(-c4ccc(F)c(Cl)c4)n2)OC[C@@]3(N)C(F)(F)F)C2CC2)ccc1OC1CC1. The molecule has 2 aliphatic carbocycles. The summed E-state index contributed by atoms with van der Waals surface area (Å²) in [7, 11) is 1.45. The summed E-state index contributed by atoms with van der Waals surface area (Å²) >= 11 is 5.97. The number of aromatic nitrogens is 1. The van der Waals surface area contributed by atoms with Crippen LogP contribution in [0.15, 0.2) is 42.5 Å². The molecule has 13 heteroatoms. The first-order valence-corrected chi connectivity index (χ1v) is 14.1. The van der Waals surface area contributed by atoms with E-state index >= 15 is 0 Å². The number of carbonyl (C=O) groups excluding carboxylic acids is 1. The molecule has 2 heterocycles. The van der Waals surface area contributed by atoms with Crippen molar-refractivity contribution in [3.05, 3.63) is 70.1 Å². The molecule has 0 saturated heterocycles. The van der Waals surface area contributed by atoms with E-state index in [-0.39, 0.29) is 45.9 Å². The van der Waals surface area contributed by atoms with E-state index < -0.39 is 47.1 Å². The maximum Gasteiger partial charge on any atom is 0.414 e. The number of hydrogen-bond acceptors (Lipinski definition) is 7. The number of halogens is 5. The second kappa shape index (κ2) is 10.5. The van der Waals surface area contributed by atoms with Crippen LogP contribution in [0.5, 0.6) is 17.2 Å². The highest BCUT2D eigenvalue weighted by Crippen LogP contribution is 2.52. The molecule has 2 atom stereocenters. The van der Waals surface area contributed by atoms with Crippen molar-refractivity contribution in [2.75, 3.05) is 20.3 Å². The van der Waals surface area contributed by atoms with Gasteiger partial charge >= 0.3 is 6.18 Å². The number of nitrogens with two attached hydrogens (primary N) is 1. The van der Waals surface area contributed by atoms with Crippen molar-refractivity contribution in [1.82, 2.24) is 10.3 Å². The fourth-order valence-corrected chi connectivity index (χ4v) is 5.34. The molecule has 1 unspecified atom stereocenters. The number of alkyl halides is 3. The van der Waals surface area contributed by atoms with E-state index in [1.807, 2.05) is 0 Å². The van der Waals surface area contributed by atoms with Gasteiger partial charge in [0.15, 0.2) is 22.8 Å². The highest BCUT2D eigenvalue weighted by molar-refractivity contribution is 6.31. The lowest BCUT2D eigenvalue weighted by Gasteiger charge is -2.31. The maximum atomic E-state index is 14.2. The largest absolute Gasteiger partial charge is 0.493 e. The van der Waals surface area contributed by atoms with Crippen LogP contribution in [0, 0.1) is 11.7 Å². The molecule has 3 aromatic rings. The van der Waals surface area contributed by atoms with Gasteiger partial charge in [-0.05, 0) is 74.1 Å². The van der Waals surface area contributed by atoms with Crippen molar-refractivity contribution in [1.29, 1.82) is 0 Å². The van der Waals surface area contributed by atoms with Gasteiger partial charge in [-0.3, -0.25) is 4.79 Å². The van der Waals surface area contributed by atoms with Gasteiger partial charge < -0.3 is 30.4 Å².